The molecule has 2 aromatic heterocycles. The third kappa shape index (κ3) is 1.89. The molecule has 0 fully saturated rings. The Bertz CT molecular complexity index is 731. The molecule has 0 amide bonds. The maximum Gasteiger partial charge on any atom is 0.157 e. The Morgan fingerprint density at radius 3 is 2.63 bits per heavy atom. The van der Waals surface area contributed by atoms with Crippen molar-refractivity contribution in [2.45, 2.75) is 6.92 Å². The molecule has 2 N–H and O–H groups in total. The van der Waals surface area contributed by atoms with Crippen molar-refractivity contribution < 1.29 is 4.74 Å². The van der Waals surface area contributed by atoms with Crippen LogP contribution in [0.25, 0.3) is 16.8 Å². The van der Waals surface area contributed by atoms with Gasteiger partial charge in [-0.15, -0.1) is 0 Å². The fourth-order valence-electron chi connectivity index (χ4n) is 2.06. The number of hydrogen-bond donors (Lipinski definition) is 1. The fraction of sp³-hybridized carbons (Fsp3) is 0.143. The smallest absolute Gasteiger partial charge is 0.157 e. The van der Waals surface area contributed by atoms with Gasteiger partial charge in [0.25, 0.3) is 0 Å². The van der Waals surface area contributed by atoms with Gasteiger partial charge in [-0.05, 0) is 24.6 Å². The fourth-order valence-corrected chi connectivity index (χ4v) is 2.06. The molecule has 0 aliphatic rings. The molecule has 2 heterocycles. The lowest BCUT2D eigenvalue weighted by Crippen LogP contribution is -2.02. The molecule has 0 saturated carbocycles. The average molecular weight is 254 g/mol. The van der Waals surface area contributed by atoms with Gasteiger partial charge >= 0.3 is 0 Å². The average Bonchev–Trinajstić information content (AvgIpc) is 2.81. The zero-order valence-electron chi connectivity index (χ0n) is 10.8. The highest BCUT2D eigenvalue weighted by Gasteiger charge is 2.09. The van der Waals surface area contributed by atoms with Gasteiger partial charge in [-0.2, -0.15) is 9.61 Å². The molecule has 0 atom stereocenters. The second kappa shape index (κ2) is 4.28. The summed E-state index contributed by atoms with van der Waals surface area (Å²) >= 11 is 0. The first-order chi connectivity index (χ1) is 9.19. The predicted molar refractivity (Wildman–Crippen MR) is 74.1 cm³/mol. The van der Waals surface area contributed by atoms with Crippen molar-refractivity contribution in [3.63, 3.8) is 0 Å². The molecule has 0 unspecified atom stereocenters. The molecule has 0 spiro atoms. The second-order valence-electron chi connectivity index (χ2n) is 4.34. The standard InChI is InChI=1S/C14H14N4O/c1-9-7-13-16-8-12(14(15)18(13)17-9)10-3-5-11(19-2)6-4-10/h3-8H,15H2,1-2H3. The minimum absolute atomic E-state index is 0.586. The lowest BCUT2D eigenvalue weighted by Gasteiger charge is -2.07. The SMILES string of the molecule is COc1ccc(-c2cnc3cc(C)nn3c2N)cc1. The van der Waals surface area contributed by atoms with Crippen LogP contribution in [0.15, 0.2) is 36.5 Å². The van der Waals surface area contributed by atoms with E-state index < -0.39 is 0 Å². The van der Waals surface area contributed by atoms with Crippen LogP contribution >= 0.6 is 0 Å². The molecule has 3 rings (SSSR count). The largest absolute Gasteiger partial charge is 0.497 e. The molecule has 5 nitrogen and oxygen atoms in total. The third-order valence-corrected chi connectivity index (χ3v) is 3.04. The Kier molecular flexibility index (Phi) is 2.59. The van der Waals surface area contributed by atoms with E-state index in [1.54, 1.807) is 17.8 Å². The molecular weight excluding hydrogens is 240 g/mol. The van der Waals surface area contributed by atoms with Crippen molar-refractivity contribution >= 4 is 11.5 Å². The number of hydrogen-bond acceptors (Lipinski definition) is 4. The molecule has 3 aromatic rings. The Morgan fingerprint density at radius 1 is 1.21 bits per heavy atom. The van der Waals surface area contributed by atoms with Crippen LogP contribution in [-0.2, 0) is 0 Å². The number of fused-ring (bicyclic) bond motifs is 1. The molecular formula is C14H14N4O. The van der Waals surface area contributed by atoms with Gasteiger partial charge in [0.15, 0.2) is 5.65 Å². The lowest BCUT2D eigenvalue weighted by atomic mass is 10.1. The number of nitrogens with zero attached hydrogens (tertiary/aromatic N) is 3. The van der Waals surface area contributed by atoms with Gasteiger partial charge in [-0.25, -0.2) is 4.98 Å². The maximum atomic E-state index is 6.16. The van der Waals surface area contributed by atoms with Crippen molar-refractivity contribution in [2.75, 3.05) is 12.8 Å². The first-order valence-electron chi connectivity index (χ1n) is 5.94. The van der Waals surface area contributed by atoms with Gasteiger partial charge in [-0.3, -0.25) is 0 Å². The number of aryl methyl sites for hydroxylation is 1. The summed E-state index contributed by atoms with van der Waals surface area (Å²) in [6.45, 7) is 1.92. The van der Waals surface area contributed by atoms with E-state index in [1.165, 1.54) is 0 Å². The van der Waals surface area contributed by atoms with Gasteiger partial charge < -0.3 is 10.5 Å². The number of anilines is 1. The monoisotopic (exact) mass is 254 g/mol. The second-order valence-corrected chi connectivity index (χ2v) is 4.34. The molecule has 96 valence electrons. The summed E-state index contributed by atoms with van der Waals surface area (Å²) in [7, 11) is 1.64. The minimum atomic E-state index is 0.586. The zero-order chi connectivity index (χ0) is 13.4. The van der Waals surface area contributed by atoms with Crippen LogP contribution in [0.1, 0.15) is 5.69 Å². The van der Waals surface area contributed by atoms with Crippen LogP contribution in [0, 0.1) is 6.92 Å². The lowest BCUT2D eigenvalue weighted by molar-refractivity contribution is 0.415. The van der Waals surface area contributed by atoms with E-state index in [9.17, 15) is 0 Å². The number of rotatable bonds is 2. The van der Waals surface area contributed by atoms with Crippen molar-refractivity contribution in [3.8, 4) is 16.9 Å². The third-order valence-electron chi connectivity index (χ3n) is 3.04. The minimum Gasteiger partial charge on any atom is -0.497 e. The molecule has 0 radical (unpaired) electrons. The van der Waals surface area contributed by atoms with Crippen LogP contribution in [0.5, 0.6) is 5.75 Å². The number of aromatic nitrogens is 3. The summed E-state index contributed by atoms with van der Waals surface area (Å²) in [5, 5.41) is 4.34. The summed E-state index contributed by atoms with van der Waals surface area (Å²) < 4.78 is 6.81. The van der Waals surface area contributed by atoms with Gasteiger partial charge in [-0.1, -0.05) is 12.1 Å². The van der Waals surface area contributed by atoms with E-state index in [2.05, 4.69) is 10.1 Å². The van der Waals surface area contributed by atoms with Crippen LogP contribution in [-0.4, -0.2) is 21.7 Å². The first-order valence-corrected chi connectivity index (χ1v) is 5.94. The normalized spacial score (nSPS) is 10.8. The van der Waals surface area contributed by atoms with E-state index >= 15 is 0 Å². The molecule has 5 heteroatoms. The van der Waals surface area contributed by atoms with Gasteiger partial charge in [0.2, 0.25) is 0 Å². The van der Waals surface area contributed by atoms with E-state index in [0.29, 0.717) is 5.82 Å². The van der Waals surface area contributed by atoms with Crippen molar-refractivity contribution in [1.82, 2.24) is 14.6 Å². The first kappa shape index (κ1) is 11.5. The summed E-state index contributed by atoms with van der Waals surface area (Å²) in [6.07, 6.45) is 1.77. The topological polar surface area (TPSA) is 65.4 Å². The summed E-state index contributed by atoms with van der Waals surface area (Å²) in [5.74, 6) is 1.40. The molecule has 0 bridgehead atoms. The van der Waals surface area contributed by atoms with E-state index in [0.717, 1.165) is 28.2 Å². The van der Waals surface area contributed by atoms with Crippen molar-refractivity contribution in [3.05, 3.63) is 42.2 Å². The summed E-state index contributed by atoms with van der Waals surface area (Å²) in [6, 6.07) is 9.59. The number of nitrogen functional groups attached to an aromatic ring is 1. The molecule has 1 aromatic carbocycles. The zero-order valence-corrected chi connectivity index (χ0v) is 10.8. The van der Waals surface area contributed by atoms with Crippen LogP contribution in [0.2, 0.25) is 0 Å². The number of methoxy groups -OCH3 is 1. The number of nitrogens with two attached hydrogens (primary N) is 1. The quantitative estimate of drug-likeness (QED) is 0.762. The number of benzene rings is 1. The van der Waals surface area contributed by atoms with Gasteiger partial charge in [0, 0.05) is 17.8 Å². The highest BCUT2D eigenvalue weighted by molar-refractivity contribution is 5.75. The van der Waals surface area contributed by atoms with Gasteiger partial charge in [0.05, 0.1) is 12.8 Å². The Labute approximate surface area is 110 Å². The van der Waals surface area contributed by atoms with E-state index in [-0.39, 0.29) is 0 Å². The Morgan fingerprint density at radius 2 is 1.95 bits per heavy atom. The molecule has 0 saturated heterocycles. The number of ether oxygens (including phenoxy) is 1. The maximum absolute atomic E-state index is 6.16. The summed E-state index contributed by atoms with van der Waals surface area (Å²) in [5.41, 5.74) is 9.66. The van der Waals surface area contributed by atoms with Crippen LogP contribution in [0.4, 0.5) is 5.82 Å². The Balaban J connectivity index is 2.15. The highest BCUT2D eigenvalue weighted by atomic mass is 16.5. The summed E-state index contributed by atoms with van der Waals surface area (Å²) in [4.78, 5) is 4.37. The van der Waals surface area contributed by atoms with Gasteiger partial charge in [0.1, 0.15) is 11.6 Å². The van der Waals surface area contributed by atoms with Crippen LogP contribution < -0.4 is 10.5 Å². The molecule has 0 aliphatic heterocycles. The van der Waals surface area contributed by atoms with Crippen molar-refractivity contribution in [2.24, 2.45) is 0 Å². The van der Waals surface area contributed by atoms with E-state index in [1.807, 2.05) is 37.3 Å². The van der Waals surface area contributed by atoms with Crippen molar-refractivity contribution in [1.29, 1.82) is 0 Å². The van der Waals surface area contributed by atoms with Crippen LogP contribution in [0.3, 0.4) is 0 Å². The van der Waals surface area contributed by atoms with E-state index in [4.69, 9.17) is 10.5 Å². The predicted octanol–water partition coefficient (Wildman–Crippen LogP) is 2.30. The molecule has 0 aliphatic carbocycles. The molecule has 19 heavy (non-hydrogen) atoms. The Hall–Kier alpha value is -2.56. The highest BCUT2D eigenvalue weighted by Crippen LogP contribution is 2.27.